The van der Waals surface area contributed by atoms with Crippen molar-refractivity contribution in [2.45, 2.75) is 20.8 Å². The maximum Gasteiger partial charge on any atom is 0.417 e. The lowest BCUT2D eigenvalue weighted by molar-refractivity contribution is 0.205. The Labute approximate surface area is 130 Å². The number of amides is 1. The Hall–Kier alpha value is -2.30. The largest absolute Gasteiger partial charge is 0.464 e. The van der Waals surface area contributed by atoms with Crippen molar-refractivity contribution < 1.29 is 23.4 Å². The average Bonchev–Trinajstić information content (AvgIpc) is 2.41. The number of aliphatic hydroxyl groups excluding tert-OH is 1. The third-order valence-corrected chi connectivity index (χ3v) is 3.74. The molecular formula is C15H17NO5S. The second-order valence-corrected chi connectivity index (χ2v) is 6.27. The molecule has 0 spiro atoms. The fourth-order valence-electron chi connectivity index (χ4n) is 1.81. The second kappa shape index (κ2) is 7.11. The van der Waals surface area contributed by atoms with Crippen molar-refractivity contribution in [3.63, 3.8) is 0 Å². The van der Waals surface area contributed by atoms with Crippen LogP contribution < -0.4 is 4.90 Å². The van der Waals surface area contributed by atoms with Crippen molar-refractivity contribution in [2.75, 3.05) is 11.5 Å². The van der Waals surface area contributed by atoms with Crippen LogP contribution in [0, 0.1) is 17.3 Å². The first-order valence-electron chi connectivity index (χ1n) is 6.38. The minimum Gasteiger partial charge on any atom is -0.464 e. The van der Waals surface area contributed by atoms with E-state index in [1.165, 1.54) is 12.1 Å². The highest BCUT2D eigenvalue weighted by Gasteiger charge is 2.32. The van der Waals surface area contributed by atoms with E-state index in [1.54, 1.807) is 32.9 Å². The van der Waals surface area contributed by atoms with E-state index in [4.69, 9.17) is 5.11 Å². The highest BCUT2D eigenvalue weighted by atomic mass is 32.2. The Balaban J connectivity index is 3.40. The molecule has 1 aromatic rings. The van der Waals surface area contributed by atoms with E-state index < -0.39 is 21.8 Å². The molecule has 0 radical (unpaired) electrons. The summed E-state index contributed by atoms with van der Waals surface area (Å²) in [5.41, 5.74) is -0.0831. The van der Waals surface area contributed by atoms with Gasteiger partial charge in [-0.2, -0.15) is 8.42 Å². The van der Waals surface area contributed by atoms with E-state index in [2.05, 4.69) is 11.8 Å². The van der Waals surface area contributed by atoms with Gasteiger partial charge in [-0.15, -0.1) is 0 Å². The molecule has 0 aromatic heterocycles. The molecule has 118 valence electrons. The van der Waals surface area contributed by atoms with Gasteiger partial charge in [-0.1, -0.05) is 32.6 Å². The minimum absolute atomic E-state index is 0.205. The summed E-state index contributed by atoms with van der Waals surface area (Å²) in [6.45, 7) is 4.58. The van der Waals surface area contributed by atoms with Gasteiger partial charge in [0.05, 0.1) is 5.69 Å². The van der Waals surface area contributed by atoms with Crippen LogP contribution >= 0.6 is 0 Å². The summed E-state index contributed by atoms with van der Waals surface area (Å²) in [6.07, 6.45) is -1.39. The summed E-state index contributed by atoms with van der Waals surface area (Å²) in [6, 6.07) is 6.05. The lowest BCUT2D eigenvalue weighted by Crippen LogP contribution is -2.43. The maximum atomic E-state index is 11.5. The molecule has 1 rings (SSSR count). The zero-order chi connectivity index (χ0) is 16.9. The monoisotopic (exact) mass is 323 g/mol. The number of benzene rings is 1. The summed E-state index contributed by atoms with van der Waals surface area (Å²) in [5.74, 6) is 5.15. The summed E-state index contributed by atoms with van der Waals surface area (Å²) in [7, 11) is -2.68. The molecular weight excluding hydrogens is 306 g/mol. The Morgan fingerprint density at radius 1 is 1.23 bits per heavy atom. The molecule has 0 fully saturated rings. The first-order chi connectivity index (χ1) is 10.2. The van der Waals surface area contributed by atoms with E-state index in [0.717, 1.165) is 4.90 Å². The predicted molar refractivity (Wildman–Crippen MR) is 84.3 cm³/mol. The number of hydrogen-bond donors (Lipinski definition) is 2. The zero-order valence-electron chi connectivity index (χ0n) is 12.5. The van der Waals surface area contributed by atoms with E-state index in [0.29, 0.717) is 5.56 Å². The van der Waals surface area contributed by atoms with Crippen molar-refractivity contribution in [2.24, 2.45) is 5.41 Å². The number of aliphatic hydroxyl groups is 1. The van der Waals surface area contributed by atoms with Gasteiger partial charge in [0.15, 0.2) is 4.99 Å². The van der Waals surface area contributed by atoms with Crippen LogP contribution in [-0.2, 0) is 10.3 Å². The number of carbonyl (C=O) groups is 1. The van der Waals surface area contributed by atoms with Crippen LogP contribution in [0.15, 0.2) is 24.3 Å². The molecule has 0 aliphatic heterocycles. The quantitative estimate of drug-likeness (QED) is 0.604. The molecule has 0 aliphatic carbocycles. The van der Waals surface area contributed by atoms with Crippen molar-refractivity contribution in [1.29, 1.82) is 0 Å². The molecule has 2 N–H and O–H groups in total. The van der Waals surface area contributed by atoms with Gasteiger partial charge in [-0.05, 0) is 24.3 Å². The predicted octanol–water partition coefficient (Wildman–Crippen LogP) is 1.57. The summed E-state index contributed by atoms with van der Waals surface area (Å²) in [4.78, 5) is 12.0. The molecule has 0 bridgehead atoms. The molecule has 7 heteroatoms. The van der Waals surface area contributed by atoms with Crippen molar-refractivity contribution >= 4 is 27.1 Å². The number of anilines is 1. The smallest absolute Gasteiger partial charge is 0.417 e. The van der Waals surface area contributed by atoms with Crippen LogP contribution in [-0.4, -0.2) is 36.3 Å². The molecule has 1 amide bonds. The molecule has 0 saturated heterocycles. The number of nitrogens with zero attached hydrogens (tertiary/aromatic N) is 1. The third kappa shape index (κ3) is 4.35. The van der Waals surface area contributed by atoms with Crippen molar-refractivity contribution in [3.05, 3.63) is 29.8 Å². The van der Waals surface area contributed by atoms with E-state index in [1.807, 2.05) is 0 Å². The van der Waals surface area contributed by atoms with Gasteiger partial charge in [0, 0.05) is 11.0 Å². The fraction of sp³-hybridized carbons (Fsp3) is 0.333. The van der Waals surface area contributed by atoms with Gasteiger partial charge in [0.1, 0.15) is 6.61 Å². The number of hydrogen-bond acceptors (Lipinski definition) is 4. The third-order valence-electron chi connectivity index (χ3n) is 2.63. The lowest BCUT2D eigenvalue weighted by Gasteiger charge is -2.28. The normalized spacial score (nSPS) is 10.4. The molecule has 0 atom stereocenters. The average molecular weight is 323 g/mol. The van der Waals surface area contributed by atoms with Gasteiger partial charge in [0.25, 0.3) is 0 Å². The van der Waals surface area contributed by atoms with Crippen molar-refractivity contribution in [1.82, 2.24) is 0 Å². The Morgan fingerprint density at radius 3 is 2.14 bits per heavy atom. The van der Waals surface area contributed by atoms with Crippen LogP contribution in [0.5, 0.6) is 0 Å². The van der Waals surface area contributed by atoms with Gasteiger partial charge in [0.2, 0.25) is 10.3 Å². The van der Waals surface area contributed by atoms with Gasteiger partial charge >= 0.3 is 6.09 Å². The second-order valence-electron chi connectivity index (χ2n) is 5.41. The van der Waals surface area contributed by atoms with Crippen LogP contribution in [0.4, 0.5) is 10.5 Å². The van der Waals surface area contributed by atoms with Crippen molar-refractivity contribution in [3.8, 4) is 11.8 Å². The highest BCUT2D eigenvalue weighted by molar-refractivity contribution is 7.73. The number of rotatable bonds is 1. The molecule has 0 aliphatic rings. The number of carboxylic acid groups (broad SMARTS) is 1. The summed E-state index contributed by atoms with van der Waals surface area (Å²) >= 11 is 0. The Morgan fingerprint density at radius 2 is 1.77 bits per heavy atom. The Kier molecular flexibility index (Phi) is 5.74. The van der Waals surface area contributed by atoms with Gasteiger partial charge in [-0.3, -0.25) is 0 Å². The van der Waals surface area contributed by atoms with Crippen LogP contribution in [0.2, 0.25) is 0 Å². The highest BCUT2D eigenvalue weighted by Crippen LogP contribution is 2.24. The molecule has 1 aromatic carbocycles. The van der Waals surface area contributed by atoms with Crippen LogP contribution in [0.1, 0.15) is 26.3 Å². The minimum atomic E-state index is -2.68. The first-order valence-corrected chi connectivity index (χ1v) is 7.45. The first kappa shape index (κ1) is 17.8. The zero-order valence-corrected chi connectivity index (χ0v) is 13.3. The maximum absolute atomic E-state index is 11.5. The molecule has 22 heavy (non-hydrogen) atoms. The lowest BCUT2D eigenvalue weighted by atomic mass is 9.95. The molecule has 0 heterocycles. The standard InChI is InChI=1S/C15H17NO5S/c1-15(2,3)13(22(20)21)16(14(18)19)12-8-6-11(7-9-12)5-4-10-17/h6-9,17H,10H2,1-3H3,(H,18,19). The molecule has 0 saturated carbocycles. The van der Waals surface area contributed by atoms with Crippen LogP contribution in [0.3, 0.4) is 0 Å². The van der Waals surface area contributed by atoms with Gasteiger partial charge < -0.3 is 10.2 Å². The Bertz CT molecular complexity index is 738. The summed E-state index contributed by atoms with van der Waals surface area (Å²) < 4.78 is 23.0. The SMILES string of the molecule is CC(C)(C)C(N(C(=O)O)c1ccc(C#CCO)cc1)=S(=O)=O. The summed E-state index contributed by atoms with van der Waals surface area (Å²) in [5, 5.41) is 18.0. The van der Waals surface area contributed by atoms with Crippen LogP contribution in [0.25, 0.3) is 0 Å². The molecule has 6 nitrogen and oxygen atoms in total. The van der Waals surface area contributed by atoms with Gasteiger partial charge in [-0.25, -0.2) is 9.69 Å². The van der Waals surface area contributed by atoms with E-state index >= 15 is 0 Å². The molecule has 0 unspecified atom stereocenters. The fourth-order valence-corrected chi connectivity index (χ4v) is 2.64. The van der Waals surface area contributed by atoms with E-state index in [-0.39, 0.29) is 17.3 Å². The topological polar surface area (TPSA) is 94.9 Å². The van der Waals surface area contributed by atoms with E-state index in [9.17, 15) is 18.3 Å².